The number of carbonyl (C=O) groups is 2. The molecule has 2 aromatic carbocycles. The Kier molecular flexibility index (Phi) is 6.06. The van der Waals surface area contributed by atoms with Gasteiger partial charge in [-0.1, -0.05) is 60.7 Å². The molecule has 0 fully saturated rings. The number of benzene rings is 2. The maximum Gasteiger partial charge on any atom is 0.223 e. The van der Waals surface area contributed by atoms with E-state index in [4.69, 9.17) is 0 Å². The minimum absolute atomic E-state index is 0.0329. The van der Waals surface area contributed by atoms with E-state index in [0.29, 0.717) is 13.1 Å². The number of nitrogens with one attached hydrogen (secondary N) is 1. The Labute approximate surface area is 175 Å². The van der Waals surface area contributed by atoms with Crippen molar-refractivity contribution in [1.82, 2.24) is 10.2 Å². The van der Waals surface area contributed by atoms with Crippen LogP contribution in [0.3, 0.4) is 0 Å². The Bertz CT molecular complexity index is 969. The van der Waals surface area contributed by atoms with E-state index < -0.39 is 0 Å². The van der Waals surface area contributed by atoms with Crippen LogP contribution in [0.15, 0.2) is 72.1 Å². The van der Waals surface area contributed by atoms with E-state index in [-0.39, 0.29) is 30.7 Å². The standard InChI is InChI=1S/C24H24N2O2S/c27-22(25-17-18-7-3-1-4-8-18)11-12-23(28)26-15-13-21-20(14-16-29-21)24(26)19-9-5-2-6-10-19/h1-10,14,16,24H,11-13,15,17H2,(H,25,27). The monoisotopic (exact) mass is 404 g/mol. The van der Waals surface area contributed by atoms with Crippen molar-refractivity contribution in [3.05, 3.63) is 93.7 Å². The van der Waals surface area contributed by atoms with Crippen molar-refractivity contribution in [3.63, 3.8) is 0 Å². The van der Waals surface area contributed by atoms with Gasteiger partial charge in [0.15, 0.2) is 0 Å². The van der Waals surface area contributed by atoms with Gasteiger partial charge in [-0.25, -0.2) is 0 Å². The quantitative estimate of drug-likeness (QED) is 0.665. The van der Waals surface area contributed by atoms with Crippen LogP contribution in [0, 0.1) is 0 Å². The molecule has 1 N–H and O–H groups in total. The molecule has 1 aromatic heterocycles. The van der Waals surface area contributed by atoms with Crippen molar-refractivity contribution >= 4 is 23.2 Å². The number of carbonyl (C=O) groups excluding carboxylic acids is 2. The highest BCUT2D eigenvalue weighted by molar-refractivity contribution is 7.10. The third-order valence-electron chi connectivity index (χ3n) is 5.30. The molecule has 0 radical (unpaired) electrons. The summed E-state index contributed by atoms with van der Waals surface area (Å²) in [7, 11) is 0. The maximum atomic E-state index is 13.0. The SMILES string of the molecule is O=C(CCC(=O)N1CCc2sccc2C1c1ccccc1)NCc1ccccc1. The van der Waals surface area contributed by atoms with Crippen molar-refractivity contribution < 1.29 is 9.59 Å². The molecule has 0 spiro atoms. The highest BCUT2D eigenvalue weighted by Gasteiger charge is 2.32. The van der Waals surface area contributed by atoms with E-state index in [0.717, 1.165) is 17.5 Å². The van der Waals surface area contributed by atoms with E-state index in [9.17, 15) is 9.59 Å². The Morgan fingerprint density at radius 2 is 1.69 bits per heavy atom. The molecule has 0 saturated carbocycles. The summed E-state index contributed by atoms with van der Waals surface area (Å²) in [5.41, 5.74) is 3.39. The molecule has 1 aliphatic heterocycles. The first-order valence-electron chi connectivity index (χ1n) is 9.93. The molecule has 148 valence electrons. The van der Waals surface area contributed by atoms with Crippen LogP contribution in [0.5, 0.6) is 0 Å². The highest BCUT2D eigenvalue weighted by atomic mass is 32.1. The van der Waals surface area contributed by atoms with E-state index >= 15 is 0 Å². The molecule has 1 atom stereocenters. The van der Waals surface area contributed by atoms with Gasteiger partial charge < -0.3 is 10.2 Å². The third-order valence-corrected chi connectivity index (χ3v) is 6.30. The first-order chi connectivity index (χ1) is 14.2. The lowest BCUT2D eigenvalue weighted by Gasteiger charge is -2.36. The summed E-state index contributed by atoms with van der Waals surface area (Å²) in [4.78, 5) is 28.6. The zero-order chi connectivity index (χ0) is 20.1. The van der Waals surface area contributed by atoms with Gasteiger partial charge in [0.1, 0.15) is 0 Å². The van der Waals surface area contributed by atoms with Crippen LogP contribution in [-0.4, -0.2) is 23.3 Å². The molecule has 1 aliphatic rings. The Balaban J connectivity index is 1.40. The second-order valence-electron chi connectivity index (χ2n) is 7.21. The number of fused-ring (bicyclic) bond motifs is 1. The highest BCUT2D eigenvalue weighted by Crippen LogP contribution is 2.38. The second-order valence-corrected chi connectivity index (χ2v) is 8.21. The van der Waals surface area contributed by atoms with Crippen molar-refractivity contribution in [1.29, 1.82) is 0 Å². The van der Waals surface area contributed by atoms with E-state index in [1.807, 2.05) is 53.4 Å². The Morgan fingerprint density at radius 1 is 0.966 bits per heavy atom. The summed E-state index contributed by atoms with van der Waals surface area (Å²) in [6.45, 7) is 1.18. The van der Waals surface area contributed by atoms with Crippen LogP contribution in [0.2, 0.25) is 0 Å². The van der Waals surface area contributed by atoms with Crippen LogP contribution >= 0.6 is 11.3 Å². The average Bonchev–Trinajstić information content (AvgIpc) is 3.25. The normalized spacial score (nSPS) is 15.6. The predicted molar refractivity (Wildman–Crippen MR) is 116 cm³/mol. The van der Waals surface area contributed by atoms with Crippen LogP contribution < -0.4 is 5.32 Å². The van der Waals surface area contributed by atoms with Gasteiger partial charge >= 0.3 is 0 Å². The molecule has 3 aromatic rings. The van der Waals surface area contributed by atoms with E-state index in [2.05, 4.69) is 28.9 Å². The zero-order valence-electron chi connectivity index (χ0n) is 16.2. The van der Waals surface area contributed by atoms with Crippen LogP contribution in [0.1, 0.15) is 40.5 Å². The van der Waals surface area contributed by atoms with Gasteiger partial charge in [0.05, 0.1) is 6.04 Å². The predicted octanol–water partition coefficient (Wildman–Crippen LogP) is 4.32. The first-order valence-corrected chi connectivity index (χ1v) is 10.8. The van der Waals surface area contributed by atoms with Crippen molar-refractivity contribution in [3.8, 4) is 0 Å². The van der Waals surface area contributed by atoms with Gasteiger partial charge in [-0.15, -0.1) is 11.3 Å². The summed E-state index contributed by atoms with van der Waals surface area (Å²) in [6, 6.07) is 22.0. The molecule has 5 heteroatoms. The molecule has 4 rings (SSSR count). The van der Waals surface area contributed by atoms with E-state index in [1.165, 1.54) is 10.4 Å². The van der Waals surface area contributed by atoms with Crippen LogP contribution in [0.4, 0.5) is 0 Å². The number of hydrogen-bond donors (Lipinski definition) is 1. The maximum absolute atomic E-state index is 13.0. The zero-order valence-corrected chi connectivity index (χ0v) is 17.0. The topological polar surface area (TPSA) is 49.4 Å². The smallest absolute Gasteiger partial charge is 0.223 e. The summed E-state index contributed by atoms with van der Waals surface area (Å²) in [6.07, 6.45) is 1.31. The lowest BCUT2D eigenvalue weighted by atomic mass is 9.93. The Morgan fingerprint density at radius 3 is 2.45 bits per heavy atom. The molecule has 4 nitrogen and oxygen atoms in total. The minimum Gasteiger partial charge on any atom is -0.352 e. The van der Waals surface area contributed by atoms with Gasteiger partial charge in [-0.05, 0) is 34.6 Å². The molecule has 0 bridgehead atoms. The number of nitrogens with zero attached hydrogens (tertiary/aromatic N) is 1. The first kappa shape index (κ1) is 19.4. The summed E-state index contributed by atoms with van der Waals surface area (Å²) in [5, 5.41) is 5.01. The molecular formula is C24H24N2O2S. The summed E-state index contributed by atoms with van der Waals surface area (Å²) >= 11 is 1.76. The molecule has 0 aliphatic carbocycles. The molecule has 2 heterocycles. The van der Waals surface area contributed by atoms with Crippen molar-refractivity contribution in [2.45, 2.75) is 31.8 Å². The molecule has 0 saturated heterocycles. The number of amides is 2. The second kappa shape index (κ2) is 9.05. The molecule has 1 unspecified atom stereocenters. The molecule has 29 heavy (non-hydrogen) atoms. The third kappa shape index (κ3) is 4.57. The van der Waals surface area contributed by atoms with Gasteiger partial charge in [-0.3, -0.25) is 9.59 Å². The lowest BCUT2D eigenvalue weighted by molar-refractivity contribution is -0.135. The van der Waals surface area contributed by atoms with E-state index in [1.54, 1.807) is 11.3 Å². The van der Waals surface area contributed by atoms with Gasteiger partial charge in [0.2, 0.25) is 11.8 Å². The fraction of sp³-hybridized carbons (Fsp3) is 0.250. The Hall–Kier alpha value is -2.92. The van der Waals surface area contributed by atoms with Gasteiger partial charge in [0.25, 0.3) is 0 Å². The fourth-order valence-electron chi connectivity index (χ4n) is 3.83. The fourth-order valence-corrected chi connectivity index (χ4v) is 4.73. The minimum atomic E-state index is -0.0910. The summed E-state index contributed by atoms with van der Waals surface area (Å²) < 4.78 is 0. The van der Waals surface area contributed by atoms with Gasteiger partial charge in [-0.2, -0.15) is 0 Å². The molecular weight excluding hydrogens is 380 g/mol. The number of rotatable bonds is 6. The van der Waals surface area contributed by atoms with Crippen molar-refractivity contribution in [2.75, 3.05) is 6.54 Å². The van der Waals surface area contributed by atoms with Crippen LogP contribution in [0.25, 0.3) is 0 Å². The van der Waals surface area contributed by atoms with Crippen molar-refractivity contribution in [2.24, 2.45) is 0 Å². The number of hydrogen-bond acceptors (Lipinski definition) is 3. The molecule has 2 amide bonds. The summed E-state index contributed by atoms with van der Waals surface area (Å²) in [5.74, 6) is -0.0581. The number of thiophene rings is 1. The largest absolute Gasteiger partial charge is 0.352 e. The van der Waals surface area contributed by atoms with Crippen LogP contribution in [-0.2, 0) is 22.6 Å². The van der Waals surface area contributed by atoms with Gasteiger partial charge in [0, 0.05) is 30.8 Å². The average molecular weight is 405 g/mol. The lowest BCUT2D eigenvalue weighted by Crippen LogP contribution is -2.40.